The summed E-state index contributed by atoms with van der Waals surface area (Å²) in [5.74, 6) is 0.947. The van der Waals surface area contributed by atoms with Crippen LogP contribution < -0.4 is 10.6 Å². The van der Waals surface area contributed by atoms with Gasteiger partial charge >= 0.3 is 0 Å². The molecule has 0 radical (unpaired) electrons. The molecule has 0 aliphatic rings. The number of hydrogen-bond acceptors (Lipinski definition) is 6. The third kappa shape index (κ3) is 4.26. The zero-order valence-electron chi connectivity index (χ0n) is 13.3. The predicted octanol–water partition coefficient (Wildman–Crippen LogP) is 4.38. The van der Waals surface area contributed by atoms with E-state index in [1.54, 1.807) is 44.2 Å². The van der Waals surface area contributed by atoms with Crippen LogP contribution in [0.2, 0.25) is 10.0 Å². The Hall–Kier alpha value is -2.64. The van der Waals surface area contributed by atoms with E-state index in [0.717, 1.165) is 0 Å². The van der Waals surface area contributed by atoms with Crippen LogP contribution in [-0.2, 0) is 0 Å². The van der Waals surface area contributed by atoms with Crippen molar-refractivity contribution in [2.24, 2.45) is 0 Å². The van der Waals surface area contributed by atoms with Gasteiger partial charge in [-0.15, -0.1) is 0 Å². The van der Waals surface area contributed by atoms with Crippen LogP contribution in [0.5, 0.6) is 0 Å². The second-order valence-electron chi connectivity index (χ2n) is 5.25. The Morgan fingerprint density at radius 3 is 2.56 bits per heavy atom. The zero-order valence-corrected chi connectivity index (χ0v) is 14.8. The summed E-state index contributed by atoms with van der Waals surface area (Å²) in [7, 11) is 0. The summed E-state index contributed by atoms with van der Waals surface area (Å²) in [5.41, 5.74) is 1.33. The topological polar surface area (TPSA) is 92.9 Å². The molecule has 3 aromatic rings. The van der Waals surface area contributed by atoms with E-state index in [0.29, 0.717) is 33.0 Å². The molecule has 25 heavy (non-hydrogen) atoms. The summed E-state index contributed by atoms with van der Waals surface area (Å²) in [6.07, 6.45) is 0. The summed E-state index contributed by atoms with van der Waals surface area (Å²) < 4.78 is 4.97. The molecular formula is C16H13Cl2N5O2. The normalized spacial score (nSPS) is 10.6. The number of carbonyl (C=O) groups is 1. The van der Waals surface area contributed by atoms with Crippen molar-refractivity contribution in [3.8, 4) is 0 Å². The van der Waals surface area contributed by atoms with Crippen molar-refractivity contribution in [2.45, 2.75) is 13.8 Å². The van der Waals surface area contributed by atoms with Crippen LogP contribution in [0, 0.1) is 13.8 Å². The quantitative estimate of drug-likeness (QED) is 0.700. The molecule has 7 nitrogen and oxygen atoms in total. The highest BCUT2D eigenvalue weighted by Crippen LogP contribution is 2.25. The number of nitrogens with one attached hydrogen (secondary N) is 2. The minimum Gasteiger partial charge on any atom is -0.360 e. The third-order valence-corrected chi connectivity index (χ3v) is 3.87. The third-order valence-electron chi connectivity index (χ3n) is 3.13. The van der Waals surface area contributed by atoms with Crippen molar-refractivity contribution in [3.05, 3.63) is 57.5 Å². The SMILES string of the molecule is Cc1cc(C(=O)Nc2ccc(Cl)c(Cl)c2)nc(Nc2cc(C)on2)n1. The molecule has 3 rings (SSSR count). The lowest BCUT2D eigenvalue weighted by molar-refractivity contribution is 0.102. The second-order valence-corrected chi connectivity index (χ2v) is 6.06. The number of aromatic nitrogens is 3. The van der Waals surface area contributed by atoms with Crippen LogP contribution in [0.15, 0.2) is 34.9 Å². The lowest BCUT2D eigenvalue weighted by Gasteiger charge is -2.08. The van der Waals surface area contributed by atoms with Gasteiger partial charge in [-0.1, -0.05) is 28.4 Å². The average molecular weight is 378 g/mol. The molecule has 2 heterocycles. The van der Waals surface area contributed by atoms with Gasteiger partial charge in [0.25, 0.3) is 5.91 Å². The highest BCUT2D eigenvalue weighted by Gasteiger charge is 2.13. The van der Waals surface area contributed by atoms with Gasteiger partial charge in [0.1, 0.15) is 11.5 Å². The lowest BCUT2D eigenvalue weighted by Crippen LogP contribution is -2.15. The van der Waals surface area contributed by atoms with Gasteiger partial charge in [0.2, 0.25) is 5.95 Å². The Morgan fingerprint density at radius 2 is 1.88 bits per heavy atom. The maximum Gasteiger partial charge on any atom is 0.274 e. The van der Waals surface area contributed by atoms with Crippen molar-refractivity contribution in [1.29, 1.82) is 0 Å². The maximum absolute atomic E-state index is 12.4. The number of hydrogen-bond donors (Lipinski definition) is 2. The zero-order chi connectivity index (χ0) is 18.0. The molecule has 0 bridgehead atoms. The first-order chi connectivity index (χ1) is 11.9. The largest absolute Gasteiger partial charge is 0.360 e. The van der Waals surface area contributed by atoms with E-state index in [1.807, 2.05) is 0 Å². The number of carbonyl (C=O) groups excluding carboxylic acids is 1. The average Bonchev–Trinajstić information content (AvgIpc) is 2.95. The Morgan fingerprint density at radius 1 is 1.08 bits per heavy atom. The van der Waals surface area contributed by atoms with Crippen molar-refractivity contribution >= 4 is 46.6 Å². The highest BCUT2D eigenvalue weighted by molar-refractivity contribution is 6.42. The predicted molar refractivity (Wildman–Crippen MR) is 95.7 cm³/mol. The smallest absolute Gasteiger partial charge is 0.274 e. The van der Waals surface area contributed by atoms with E-state index in [4.69, 9.17) is 27.7 Å². The van der Waals surface area contributed by atoms with E-state index in [-0.39, 0.29) is 11.6 Å². The first-order valence-corrected chi connectivity index (χ1v) is 7.99. The van der Waals surface area contributed by atoms with Crippen molar-refractivity contribution in [1.82, 2.24) is 15.1 Å². The molecule has 1 amide bonds. The summed E-state index contributed by atoms with van der Waals surface area (Å²) >= 11 is 11.8. The first-order valence-electron chi connectivity index (χ1n) is 7.23. The Kier molecular flexibility index (Phi) is 4.87. The molecule has 2 aromatic heterocycles. The fourth-order valence-electron chi connectivity index (χ4n) is 2.05. The fraction of sp³-hybridized carbons (Fsp3) is 0.125. The number of aryl methyl sites for hydroxylation is 2. The summed E-state index contributed by atoms with van der Waals surface area (Å²) in [5, 5.41) is 10.2. The van der Waals surface area contributed by atoms with Gasteiger partial charge in [0, 0.05) is 17.4 Å². The Balaban J connectivity index is 1.81. The van der Waals surface area contributed by atoms with Gasteiger partial charge in [-0.05, 0) is 38.1 Å². The van der Waals surface area contributed by atoms with Crippen LogP contribution in [0.3, 0.4) is 0 Å². The lowest BCUT2D eigenvalue weighted by atomic mass is 10.3. The standard InChI is InChI=1S/C16H13Cl2N5O2/c1-8-5-13(15(24)20-10-3-4-11(17)12(18)7-10)21-16(19-8)22-14-6-9(2)25-23-14/h3-7H,1-2H3,(H,20,24)(H,19,21,22,23). The van der Waals surface area contributed by atoms with Gasteiger partial charge in [0.05, 0.1) is 10.0 Å². The summed E-state index contributed by atoms with van der Waals surface area (Å²) in [4.78, 5) is 20.9. The summed E-state index contributed by atoms with van der Waals surface area (Å²) in [6.45, 7) is 3.53. The maximum atomic E-state index is 12.4. The van der Waals surface area contributed by atoms with E-state index in [9.17, 15) is 4.79 Å². The van der Waals surface area contributed by atoms with Crippen molar-refractivity contribution < 1.29 is 9.32 Å². The highest BCUT2D eigenvalue weighted by atomic mass is 35.5. The van der Waals surface area contributed by atoms with E-state index < -0.39 is 5.91 Å². The minimum absolute atomic E-state index is 0.196. The molecule has 0 saturated carbocycles. The first kappa shape index (κ1) is 17.2. The Labute approximate surface area is 153 Å². The second kappa shape index (κ2) is 7.08. The van der Waals surface area contributed by atoms with Gasteiger partial charge in [-0.2, -0.15) is 0 Å². The van der Waals surface area contributed by atoms with Crippen LogP contribution in [0.25, 0.3) is 0 Å². The van der Waals surface area contributed by atoms with Gasteiger partial charge in [0.15, 0.2) is 5.82 Å². The molecule has 0 unspecified atom stereocenters. The van der Waals surface area contributed by atoms with Gasteiger partial charge in [-0.3, -0.25) is 4.79 Å². The number of anilines is 3. The molecule has 0 aliphatic heterocycles. The summed E-state index contributed by atoms with van der Waals surface area (Å²) in [6, 6.07) is 8.09. The van der Waals surface area contributed by atoms with Crippen LogP contribution in [0.4, 0.5) is 17.5 Å². The monoisotopic (exact) mass is 377 g/mol. The van der Waals surface area contributed by atoms with Crippen LogP contribution >= 0.6 is 23.2 Å². The molecular weight excluding hydrogens is 365 g/mol. The van der Waals surface area contributed by atoms with E-state index in [2.05, 4.69) is 25.8 Å². The molecule has 9 heteroatoms. The molecule has 128 valence electrons. The molecule has 2 N–H and O–H groups in total. The number of amides is 1. The van der Waals surface area contributed by atoms with E-state index in [1.165, 1.54) is 0 Å². The fourth-order valence-corrected chi connectivity index (χ4v) is 2.35. The molecule has 0 aliphatic carbocycles. The minimum atomic E-state index is -0.400. The van der Waals surface area contributed by atoms with Gasteiger partial charge in [-0.25, -0.2) is 9.97 Å². The van der Waals surface area contributed by atoms with Crippen LogP contribution in [-0.4, -0.2) is 21.0 Å². The van der Waals surface area contributed by atoms with Crippen molar-refractivity contribution in [2.75, 3.05) is 10.6 Å². The van der Waals surface area contributed by atoms with Crippen LogP contribution in [0.1, 0.15) is 21.9 Å². The number of halogens is 2. The van der Waals surface area contributed by atoms with Crippen molar-refractivity contribution in [3.63, 3.8) is 0 Å². The Bertz CT molecular complexity index is 942. The molecule has 0 spiro atoms. The van der Waals surface area contributed by atoms with E-state index >= 15 is 0 Å². The van der Waals surface area contributed by atoms with Gasteiger partial charge < -0.3 is 15.2 Å². The number of benzene rings is 1. The number of nitrogens with zero attached hydrogens (tertiary/aromatic N) is 3. The molecule has 0 atom stereocenters. The molecule has 0 saturated heterocycles. The molecule has 1 aromatic carbocycles. The number of rotatable bonds is 4. The molecule has 0 fully saturated rings.